The number of unbranched alkanes of at least 4 members (excludes halogenated alkanes) is 3. The summed E-state index contributed by atoms with van der Waals surface area (Å²) in [5.74, 6) is 0. The number of aromatic nitrogens is 2. The van der Waals surface area contributed by atoms with E-state index >= 15 is 0 Å². The Labute approximate surface area is 124 Å². The largest absolute Gasteiger partial charge is 0.309 e. The third-order valence-electron chi connectivity index (χ3n) is 3.73. The van der Waals surface area contributed by atoms with Gasteiger partial charge in [-0.05, 0) is 45.2 Å². The Bertz CT molecular complexity index is 382. The molecule has 0 aromatic carbocycles. The van der Waals surface area contributed by atoms with Gasteiger partial charge < -0.3 is 5.32 Å². The van der Waals surface area contributed by atoms with Crippen molar-refractivity contribution in [3.63, 3.8) is 0 Å². The van der Waals surface area contributed by atoms with E-state index < -0.39 is 0 Å². The van der Waals surface area contributed by atoms with E-state index in [1.165, 1.54) is 37.1 Å². The Morgan fingerprint density at radius 3 is 2.70 bits per heavy atom. The van der Waals surface area contributed by atoms with Crippen LogP contribution in [0.1, 0.15) is 70.3 Å². The van der Waals surface area contributed by atoms with Crippen molar-refractivity contribution in [3.05, 3.63) is 30.1 Å². The SMILES string of the molecule is C=CCCCCCC(NCC)c1cc(CC)nn1CC. The van der Waals surface area contributed by atoms with Gasteiger partial charge in [0.2, 0.25) is 0 Å². The predicted molar refractivity (Wildman–Crippen MR) is 87.0 cm³/mol. The second-order valence-electron chi connectivity index (χ2n) is 5.27. The molecule has 0 amide bonds. The third kappa shape index (κ3) is 5.12. The second kappa shape index (κ2) is 9.76. The quantitative estimate of drug-likeness (QED) is 0.484. The number of hydrogen-bond donors (Lipinski definition) is 1. The van der Waals surface area contributed by atoms with Crippen LogP contribution in [0.2, 0.25) is 0 Å². The predicted octanol–water partition coefficient (Wildman–Crippen LogP) is 4.25. The number of allylic oxidation sites excluding steroid dienone is 1. The van der Waals surface area contributed by atoms with Gasteiger partial charge in [-0.2, -0.15) is 5.10 Å². The zero-order valence-corrected chi connectivity index (χ0v) is 13.5. The van der Waals surface area contributed by atoms with Crippen LogP contribution in [0.25, 0.3) is 0 Å². The van der Waals surface area contributed by atoms with E-state index in [1.54, 1.807) is 0 Å². The van der Waals surface area contributed by atoms with E-state index in [0.29, 0.717) is 6.04 Å². The van der Waals surface area contributed by atoms with Crippen LogP contribution in [-0.4, -0.2) is 16.3 Å². The Hall–Kier alpha value is -1.09. The van der Waals surface area contributed by atoms with Crippen LogP contribution in [0.4, 0.5) is 0 Å². The molecule has 0 radical (unpaired) electrons. The highest BCUT2D eigenvalue weighted by Gasteiger charge is 2.16. The molecule has 1 N–H and O–H groups in total. The molecular formula is C17H31N3. The molecule has 0 saturated heterocycles. The highest BCUT2D eigenvalue weighted by Crippen LogP contribution is 2.21. The Balaban J connectivity index is 2.64. The van der Waals surface area contributed by atoms with Crippen LogP contribution in [0.3, 0.4) is 0 Å². The fourth-order valence-corrected chi connectivity index (χ4v) is 2.61. The highest BCUT2D eigenvalue weighted by atomic mass is 15.3. The lowest BCUT2D eigenvalue weighted by molar-refractivity contribution is 0.446. The average Bonchev–Trinajstić information content (AvgIpc) is 2.89. The molecule has 1 aromatic heterocycles. The lowest BCUT2D eigenvalue weighted by atomic mass is 10.0. The van der Waals surface area contributed by atoms with Crippen LogP contribution in [0.5, 0.6) is 0 Å². The first-order chi connectivity index (χ1) is 9.76. The maximum absolute atomic E-state index is 4.67. The summed E-state index contributed by atoms with van der Waals surface area (Å²) in [5, 5.41) is 8.29. The molecule has 1 heterocycles. The smallest absolute Gasteiger partial charge is 0.0625 e. The monoisotopic (exact) mass is 277 g/mol. The highest BCUT2D eigenvalue weighted by molar-refractivity contribution is 5.14. The average molecular weight is 277 g/mol. The standard InChI is InChI=1S/C17H31N3/c1-5-9-10-11-12-13-16(18-7-3)17-14-15(6-2)19-20(17)8-4/h5,14,16,18H,1,6-13H2,2-4H3. The summed E-state index contributed by atoms with van der Waals surface area (Å²) >= 11 is 0. The van der Waals surface area contributed by atoms with Crippen molar-refractivity contribution >= 4 is 0 Å². The van der Waals surface area contributed by atoms with Crippen molar-refractivity contribution in [2.75, 3.05) is 6.54 Å². The van der Waals surface area contributed by atoms with Crippen molar-refractivity contribution in [2.24, 2.45) is 0 Å². The van der Waals surface area contributed by atoms with Crippen LogP contribution < -0.4 is 5.32 Å². The van der Waals surface area contributed by atoms with Crippen LogP contribution in [0, 0.1) is 0 Å². The molecule has 20 heavy (non-hydrogen) atoms. The first-order valence-corrected chi connectivity index (χ1v) is 8.17. The van der Waals surface area contributed by atoms with Gasteiger partial charge in [0.25, 0.3) is 0 Å². The van der Waals surface area contributed by atoms with E-state index in [9.17, 15) is 0 Å². The molecule has 0 aliphatic carbocycles. The molecule has 0 spiro atoms. The molecule has 0 saturated carbocycles. The van der Waals surface area contributed by atoms with Crippen molar-refractivity contribution in [2.45, 2.75) is 71.9 Å². The van der Waals surface area contributed by atoms with Gasteiger partial charge in [-0.25, -0.2) is 0 Å². The molecule has 1 unspecified atom stereocenters. The number of nitrogens with zero attached hydrogens (tertiary/aromatic N) is 2. The van der Waals surface area contributed by atoms with Crippen molar-refractivity contribution in [3.8, 4) is 0 Å². The lowest BCUT2D eigenvalue weighted by Crippen LogP contribution is -2.23. The Morgan fingerprint density at radius 1 is 1.30 bits per heavy atom. The fraction of sp³-hybridized carbons (Fsp3) is 0.706. The minimum atomic E-state index is 0.441. The minimum absolute atomic E-state index is 0.441. The molecule has 1 aromatic rings. The molecule has 0 aliphatic heterocycles. The second-order valence-corrected chi connectivity index (χ2v) is 5.27. The van der Waals surface area contributed by atoms with E-state index in [4.69, 9.17) is 0 Å². The van der Waals surface area contributed by atoms with E-state index in [2.05, 4.69) is 48.5 Å². The summed E-state index contributed by atoms with van der Waals surface area (Å²) in [5.41, 5.74) is 2.56. The van der Waals surface area contributed by atoms with Crippen molar-refractivity contribution < 1.29 is 0 Å². The number of aryl methyl sites for hydroxylation is 2. The van der Waals surface area contributed by atoms with Crippen LogP contribution in [-0.2, 0) is 13.0 Å². The summed E-state index contributed by atoms with van der Waals surface area (Å²) in [6.45, 7) is 12.3. The Kier molecular flexibility index (Phi) is 8.28. The molecule has 0 aliphatic rings. The van der Waals surface area contributed by atoms with Crippen molar-refractivity contribution in [1.29, 1.82) is 0 Å². The Morgan fingerprint density at radius 2 is 2.10 bits per heavy atom. The third-order valence-corrected chi connectivity index (χ3v) is 3.73. The molecule has 1 atom stereocenters. The molecule has 0 fully saturated rings. The van der Waals surface area contributed by atoms with Gasteiger partial charge in [-0.15, -0.1) is 6.58 Å². The maximum Gasteiger partial charge on any atom is 0.0625 e. The first kappa shape index (κ1) is 17.0. The number of nitrogens with one attached hydrogen (secondary N) is 1. The maximum atomic E-state index is 4.67. The molecule has 3 nitrogen and oxygen atoms in total. The van der Waals surface area contributed by atoms with Gasteiger partial charge in [-0.1, -0.05) is 32.8 Å². The van der Waals surface area contributed by atoms with Gasteiger partial charge in [0.05, 0.1) is 11.4 Å². The van der Waals surface area contributed by atoms with Gasteiger partial charge in [0.1, 0.15) is 0 Å². The lowest BCUT2D eigenvalue weighted by Gasteiger charge is -2.19. The number of rotatable bonds is 11. The summed E-state index contributed by atoms with van der Waals surface area (Å²) in [4.78, 5) is 0. The molecule has 1 rings (SSSR count). The summed E-state index contributed by atoms with van der Waals surface area (Å²) in [6, 6.07) is 2.72. The van der Waals surface area contributed by atoms with E-state index in [-0.39, 0.29) is 0 Å². The molecule has 114 valence electrons. The summed E-state index contributed by atoms with van der Waals surface area (Å²) < 4.78 is 2.16. The van der Waals surface area contributed by atoms with Gasteiger partial charge >= 0.3 is 0 Å². The summed E-state index contributed by atoms with van der Waals surface area (Å²) in [6.07, 6.45) is 9.17. The van der Waals surface area contributed by atoms with Gasteiger partial charge in [0, 0.05) is 12.6 Å². The van der Waals surface area contributed by atoms with Crippen LogP contribution in [0.15, 0.2) is 18.7 Å². The molecule has 0 bridgehead atoms. The van der Waals surface area contributed by atoms with Gasteiger partial charge in [0.15, 0.2) is 0 Å². The first-order valence-electron chi connectivity index (χ1n) is 8.17. The van der Waals surface area contributed by atoms with E-state index in [0.717, 1.165) is 25.9 Å². The normalized spacial score (nSPS) is 12.6. The minimum Gasteiger partial charge on any atom is -0.309 e. The zero-order chi connectivity index (χ0) is 14.8. The molecular weight excluding hydrogens is 246 g/mol. The topological polar surface area (TPSA) is 29.9 Å². The van der Waals surface area contributed by atoms with E-state index in [1.807, 2.05) is 6.08 Å². The zero-order valence-electron chi connectivity index (χ0n) is 13.5. The summed E-state index contributed by atoms with van der Waals surface area (Å²) in [7, 11) is 0. The van der Waals surface area contributed by atoms with Gasteiger partial charge in [-0.3, -0.25) is 4.68 Å². The number of hydrogen-bond acceptors (Lipinski definition) is 2. The fourth-order valence-electron chi connectivity index (χ4n) is 2.61. The van der Waals surface area contributed by atoms with Crippen molar-refractivity contribution in [1.82, 2.24) is 15.1 Å². The van der Waals surface area contributed by atoms with Crippen LogP contribution >= 0.6 is 0 Å². The molecule has 3 heteroatoms.